The number of hydrogen-bond acceptors (Lipinski definition) is 6. The highest BCUT2D eigenvalue weighted by Gasteiger charge is 2.14. The van der Waals surface area contributed by atoms with Crippen molar-refractivity contribution in [1.82, 2.24) is 0 Å². The molecule has 3 aromatic carbocycles. The van der Waals surface area contributed by atoms with Crippen LogP contribution in [0.2, 0.25) is 0 Å². The third kappa shape index (κ3) is 5.70. The number of carbonyl (C=O) groups is 3. The van der Waals surface area contributed by atoms with Crippen LogP contribution in [0, 0.1) is 0 Å². The van der Waals surface area contributed by atoms with Crippen molar-refractivity contribution in [1.29, 1.82) is 0 Å². The average molecular weight is 419 g/mol. The lowest BCUT2D eigenvalue weighted by Gasteiger charge is -2.09. The summed E-state index contributed by atoms with van der Waals surface area (Å²) >= 11 is 0. The molecule has 0 radical (unpaired) electrons. The third-order valence-corrected chi connectivity index (χ3v) is 4.44. The Morgan fingerprint density at radius 3 is 2.45 bits per heavy atom. The minimum Gasteiger partial charge on any atom is -0.497 e. The van der Waals surface area contributed by atoms with Gasteiger partial charge in [-0.3, -0.25) is 4.79 Å². The van der Waals surface area contributed by atoms with Gasteiger partial charge in [0, 0.05) is 6.08 Å². The van der Waals surface area contributed by atoms with Gasteiger partial charge in [-0.15, -0.1) is 0 Å². The largest absolute Gasteiger partial charge is 0.497 e. The van der Waals surface area contributed by atoms with Gasteiger partial charge in [0.15, 0.2) is 6.61 Å². The van der Waals surface area contributed by atoms with Crippen LogP contribution >= 0.6 is 0 Å². The van der Waals surface area contributed by atoms with Crippen LogP contribution < -0.4 is 10.1 Å². The molecule has 7 heteroatoms. The number of para-hydroxylation sites is 1. The summed E-state index contributed by atoms with van der Waals surface area (Å²) in [6.07, 6.45) is 2.86. The van der Waals surface area contributed by atoms with Crippen molar-refractivity contribution in [3.63, 3.8) is 0 Å². The molecule has 3 aromatic rings. The van der Waals surface area contributed by atoms with Gasteiger partial charge >= 0.3 is 11.9 Å². The molecule has 1 amide bonds. The van der Waals surface area contributed by atoms with E-state index in [1.165, 1.54) is 19.3 Å². The molecule has 0 aromatic heterocycles. The molecule has 7 nitrogen and oxygen atoms in total. The van der Waals surface area contributed by atoms with Gasteiger partial charge in [0.1, 0.15) is 5.75 Å². The highest BCUT2D eigenvalue weighted by atomic mass is 16.5. The van der Waals surface area contributed by atoms with Crippen molar-refractivity contribution in [2.24, 2.45) is 0 Å². The highest BCUT2D eigenvalue weighted by Crippen LogP contribution is 2.22. The molecule has 3 rings (SSSR count). The van der Waals surface area contributed by atoms with Crippen molar-refractivity contribution in [3.05, 3.63) is 77.9 Å². The molecule has 0 aliphatic heterocycles. The predicted octanol–water partition coefficient (Wildman–Crippen LogP) is 3.83. The lowest BCUT2D eigenvalue weighted by molar-refractivity contribution is -0.142. The Bertz CT molecular complexity index is 1150. The van der Waals surface area contributed by atoms with E-state index in [2.05, 4.69) is 10.1 Å². The van der Waals surface area contributed by atoms with Crippen molar-refractivity contribution in [2.75, 3.05) is 26.1 Å². The first-order chi connectivity index (χ1) is 15.0. The smallest absolute Gasteiger partial charge is 0.339 e. The summed E-state index contributed by atoms with van der Waals surface area (Å²) in [6, 6.07) is 17.8. The first-order valence-corrected chi connectivity index (χ1v) is 9.40. The molecule has 0 saturated carbocycles. The monoisotopic (exact) mass is 419 g/mol. The molecule has 0 unspecified atom stereocenters. The van der Waals surface area contributed by atoms with E-state index in [4.69, 9.17) is 9.47 Å². The Labute approximate surface area is 179 Å². The molecule has 0 spiro atoms. The molecule has 31 heavy (non-hydrogen) atoms. The van der Waals surface area contributed by atoms with Crippen molar-refractivity contribution >= 4 is 40.4 Å². The average Bonchev–Trinajstić information content (AvgIpc) is 2.80. The second-order valence-electron chi connectivity index (χ2n) is 6.50. The number of hydrogen-bond donors (Lipinski definition) is 1. The van der Waals surface area contributed by atoms with Gasteiger partial charge in [-0.1, -0.05) is 30.3 Å². The molecular formula is C24H21NO6. The maximum absolute atomic E-state index is 12.1. The van der Waals surface area contributed by atoms with Crippen molar-refractivity contribution in [2.45, 2.75) is 0 Å². The number of nitrogens with one attached hydrogen (secondary N) is 1. The van der Waals surface area contributed by atoms with Crippen LogP contribution in [0.5, 0.6) is 5.75 Å². The van der Waals surface area contributed by atoms with Gasteiger partial charge in [-0.25, -0.2) is 9.59 Å². The molecule has 0 saturated heterocycles. The lowest BCUT2D eigenvalue weighted by Crippen LogP contribution is -2.21. The molecule has 158 valence electrons. The van der Waals surface area contributed by atoms with Crippen LogP contribution in [0.4, 0.5) is 5.69 Å². The number of esters is 2. The SMILES string of the molecule is COC(=O)c1ccccc1NC(=O)COC(=O)/C=C/c1ccc2cc(OC)ccc2c1. The molecule has 0 fully saturated rings. The number of methoxy groups -OCH3 is 2. The Kier molecular flexibility index (Phi) is 7.01. The van der Waals surface area contributed by atoms with E-state index in [1.807, 2.05) is 36.4 Å². The first kappa shape index (κ1) is 21.6. The van der Waals surface area contributed by atoms with E-state index in [-0.39, 0.29) is 11.3 Å². The molecular weight excluding hydrogens is 398 g/mol. The summed E-state index contributed by atoms with van der Waals surface area (Å²) in [7, 11) is 2.86. The number of rotatable bonds is 7. The van der Waals surface area contributed by atoms with Gasteiger partial charge < -0.3 is 19.5 Å². The Morgan fingerprint density at radius 2 is 1.68 bits per heavy atom. The maximum Gasteiger partial charge on any atom is 0.339 e. The van der Waals surface area contributed by atoms with E-state index >= 15 is 0 Å². The van der Waals surface area contributed by atoms with E-state index < -0.39 is 24.5 Å². The summed E-state index contributed by atoms with van der Waals surface area (Å²) in [5.74, 6) is -1.04. The summed E-state index contributed by atoms with van der Waals surface area (Å²) < 4.78 is 14.9. The highest BCUT2D eigenvalue weighted by molar-refractivity contribution is 6.02. The fraction of sp³-hybridized carbons (Fsp3) is 0.125. The second kappa shape index (κ2) is 10.1. The molecule has 0 aliphatic carbocycles. The zero-order chi connectivity index (χ0) is 22.2. The van der Waals surface area contributed by atoms with E-state index in [1.54, 1.807) is 31.4 Å². The summed E-state index contributed by atoms with van der Waals surface area (Å²) in [6.45, 7) is -0.490. The topological polar surface area (TPSA) is 90.9 Å². The maximum atomic E-state index is 12.1. The van der Waals surface area contributed by atoms with Crippen LogP contribution in [0.1, 0.15) is 15.9 Å². The molecule has 0 bridgehead atoms. The normalized spacial score (nSPS) is 10.6. The van der Waals surface area contributed by atoms with E-state index in [9.17, 15) is 14.4 Å². The Hall–Kier alpha value is -4.13. The quantitative estimate of drug-likeness (QED) is 0.462. The number of amides is 1. The number of anilines is 1. The summed E-state index contributed by atoms with van der Waals surface area (Å²) in [5, 5.41) is 4.55. The number of ether oxygens (including phenoxy) is 3. The fourth-order valence-electron chi connectivity index (χ4n) is 2.89. The molecule has 0 aliphatic rings. The zero-order valence-corrected chi connectivity index (χ0v) is 17.1. The first-order valence-electron chi connectivity index (χ1n) is 9.40. The van der Waals surface area contributed by atoms with Gasteiger partial charge in [0.05, 0.1) is 25.5 Å². The van der Waals surface area contributed by atoms with Crippen LogP contribution in [0.15, 0.2) is 66.7 Å². The zero-order valence-electron chi connectivity index (χ0n) is 17.1. The van der Waals surface area contributed by atoms with Gasteiger partial charge in [0.25, 0.3) is 5.91 Å². The van der Waals surface area contributed by atoms with Crippen molar-refractivity contribution < 1.29 is 28.6 Å². The van der Waals surface area contributed by atoms with Crippen LogP contribution in [0.3, 0.4) is 0 Å². The summed E-state index contributed by atoms with van der Waals surface area (Å²) in [5.41, 5.74) is 1.29. The van der Waals surface area contributed by atoms with E-state index in [0.717, 1.165) is 22.1 Å². The second-order valence-corrected chi connectivity index (χ2v) is 6.50. The van der Waals surface area contributed by atoms with Gasteiger partial charge in [-0.2, -0.15) is 0 Å². The number of carbonyl (C=O) groups excluding carboxylic acids is 3. The number of benzene rings is 3. The minimum absolute atomic E-state index is 0.207. The molecule has 0 atom stereocenters. The minimum atomic E-state index is -0.661. The van der Waals surface area contributed by atoms with Gasteiger partial charge in [0.2, 0.25) is 0 Å². The Morgan fingerprint density at radius 1 is 0.935 bits per heavy atom. The van der Waals surface area contributed by atoms with Crippen molar-refractivity contribution in [3.8, 4) is 5.75 Å². The van der Waals surface area contributed by atoms with Crippen LogP contribution in [0.25, 0.3) is 16.8 Å². The Balaban J connectivity index is 1.56. The third-order valence-electron chi connectivity index (χ3n) is 4.44. The molecule has 0 heterocycles. The lowest BCUT2D eigenvalue weighted by atomic mass is 10.1. The summed E-state index contributed by atoms with van der Waals surface area (Å²) in [4.78, 5) is 35.8. The van der Waals surface area contributed by atoms with E-state index in [0.29, 0.717) is 0 Å². The van der Waals surface area contributed by atoms with Crippen LogP contribution in [-0.2, 0) is 19.1 Å². The fourth-order valence-corrected chi connectivity index (χ4v) is 2.89. The predicted molar refractivity (Wildman–Crippen MR) is 117 cm³/mol. The molecule has 1 N–H and O–H groups in total. The van der Waals surface area contributed by atoms with Gasteiger partial charge in [-0.05, 0) is 52.7 Å². The standard InChI is InChI=1S/C24H21NO6/c1-29-19-11-10-17-13-16(7-9-18(17)14-19)8-12-23(27)31-15-22(26)25-21-6-4-3-5-20(21)24(28)30-2/h3-14H,15H2,1-2H3,(H,25,26)/b12-8+. The van der Waals surface area contributed by atoms with Crippen LogP contribution in [-0.4, -0.2) is 38.7 Å². The number of fused-ring (bicyclic) bond motifs is 1.